The van der Waals surface area contributed by atoms with Crippen molar-refractivity contribution in [3.63, 3.8) is 0 Å². The summed E-state index contributed by atoms with van der Waals surface area (Å²) in [6, 6.07) is 12.1. The number of hydrogen-bond donors (Lipinski definition) is 1. The van der Waals surface area contributed by atoms with Crippen molar-refractivity contribution < 1.29 is 14.6 Å². The Labute approximate surface area is 120 Å². The molecule has 1 N–H and O–H groups in total. The molecule has 0 saturated carbocycles. The zero-order chi connectivity index (χ0) is 13.8. The highest BCUT2D eigenvalue weighted by atomic mass is 35.5. The molecule has 2 rings (SSSR count). The van der Waals surface area contributed by atoms with Crippen molar-refractivity contribution in [1.82, 2.24) is 0 Å². The maximum Gasteiger partial charge on any atom is 0.340 e. The van der Waals surface area contributed by atoms with E-state index >= 15 is 0 Å². The fourth-order valence-corrected chi connectivity index (χ4v) is 2.40. The number of para-hydroxylation sites is 1. The monoisotopic (exact) mass is 294 g/mol. The summed E-state index contributed by atoms with van der Waals surface area (Å²) < 4.78 is 5.62. The van der Waals surface area contributed by atoms with Crippen LogP contribution in [0.1, 0.15) is 10.4 Å². The Morgan fingerprint density at radius 3 is 2.47 bits per heavy atom. The molecule has 0 heterocycles. The molecule has 0 spiro atoms. The fourth-order valence-electron chi connectivity index (χ4n) is 1.62. The number of benzene rings is 2. The highest BCUT2D eigenvalue weighted by Crippen LogP contribution is 2.34. The van der Waals surface area contributed by atoms with E-state index in [4.69, 9.17) is 16.3 Å². The van der Waals surface area contributed by atoms with E-state index in [-0.39, 0.29) is 11.3 Å². The Bertz CT molecular complexity index is 613. The molecule has 0 aromatic heterocycles. The van der Waals surface area contributed by atoms with Crippen LogP contribution in [0.3, 0.4) is 0 Å². The van der Waals surface area contributed by atoms with Gasteiger partial charge in [0.1, 0.15) is 17.1 Å². The molecule has 3 nitrogen and oxygen atoms in total. The van der Waals surface area contributed by atoms with Gasteiger partial charge in [0.25, 0.3) is 0 Å². The molecule has 0 unspecified atom stereocenters. The van der Waals surface area contributed by atoms with Crippen molar-refractivity contribution in [3.8, 4) is 11.5 Å². The molecular formula is C14H11ClO3S. The second-order valence-corrected chi connectivity index (χ2v) is 4.93. The average molecular weight is 295 g/mol. The predicted molar refractivity (Wildman–Crippen MR) is 76.7 cm³/mol. The quantitative estimate of drug-likeness (QED) is 0.840. The molecule has 5 heteroatoms. The number of hydrogen-bond acceptors (Lipinski definition) is 3. The molecule has 0 atom stereocenters. The zero-order valence-corrected chi connectivity index (χ0v) is 11.7. The standard InChI is InChI=1S/C14H11ClO3S/c1-19-12-8-4-7-11(13(12)14(16)17)18-10-6-3-2-5-9(10)15/h2-8H,1H3,(H,16,17). The first-order valence-electron chi connectivity index (χ1n) is 5.46. The summed E-state index contributed by atoms with van der Waals surface area (Å²) in [7, 11) is 0. The van der Waals surface area contributed by atoms with Gasteiger partial charge in [-0.2, -0.15) is 0 Å². The van der Waals surface area contributed by atoms with E-state index in [1.807, 2.05) is 6.26 Å². The van der Waals surface area contributed by atoms with Crippen LogP contribution in [0, 0.1) is 0 Å². The van der Waals surface area contributed by atoms with Crippen LogP contribution >= 0.6 is 23.4 Å². The van der Waals surface area contributed by atoms with Gasteiger partial charge in [0, 0.05) is 4.90 Å². The van der Waals surface area contributed by atoms with Crippen LogP contribution in [0.25, 0.3) is 0 Å². The van der Waals surface area contributed by atoms with E-state index < -0.39 is 5.97 Å². The lowest BCUT2D eigenvalue weighted by molar-refractivity contribution is 0.0690. The Hall–Kier alpha value is -1.65. The molecular weight excluding hydrogens is 284 g/mol. The molecule has 0 aliphatic carbocycles. The molecule has 0 aliphatic rings. The number of aromatic carboxylic acids is 1. The number of carboxylic acid groups (broad SMARTS) is 1. The van der Waals surface area contributed by atoms with Crippen molar-refractivity contribution >= 4 is 29.3 Å². The van der Waals surface area contributed by atoms with Crippen LogP contribution in [-0.4, -0.2) is 17.3 Å². The maximum absolute atomic E-state index is 11.4. The largest absolute Gasteiger partial charge is 0.478 e. The Kier molecular flexibility index (Phi) is 4.35. The SMILES string of the molecule is CSc1cccc(Oc2ccccc2Cl)c1C(=O)O. The third-order valence-corrected chi connectivity index (χ3v) is 3.57. The Balaban J connectivity index is 2.46. The minimum Gasteiger partial charge on any atom is -0.478 e. The number of halogens is 1. The van der Waals surface area contributed by atoms with Gasteiger partial charge in [-0.3, -0.25) is 0 Å². The summed E-state index contributed by atoms with van der Waals surface area (Å²) in [5.74, 6) is -0.302. The van der Waals surface area contributed by atoms with Crippen LogP contribution < -0.4 is 4.74 Å². The van der Waals surface area contributed by atoms with Gasteiger partial charge in [-0.1, -0.05) is 29.8 Å². The van der Waals surface area contributed by atoms with E-state index in [9.17, 15) is 9.90 Å². The summed E-state index contributed by atoms with van der Waals surface area (Å²) in [6.07, 6.45) is 1.82. The van der Waals surface area contributed by atoms with E-state index in [1.165, 1.54) is 11.8 Å². The van der Waals surface area contributed by atoms with Crippen LogP contribution in [0.15, 0.2) is 47.4 Å². The van der Waals surface area contributed by atoms with Gasteiger partial charge < -0.3 is 9.84 Å². The molecule has 0 fully saturated rings. The molecule has 0 bridgehead atoms. The van der Waals surface area contributed by atoms with Gasteiger partial charge >= 0.3 is 5.97 Å². The molecule has 98 valence electrons. The van der Waals surface area contributed by atoms with Crippen molar-refractivity contribution in [1.29, 1.82) is 0 Å². The first-order chi connectivity index (χ1) is 9.13. The molecule has 19 heavy (non-hydrogen) atoms. The Morgan fingerprint density at radius 1 is 1.16 bits per heavy atom. The van der Waals surface area contributed by atoms with E-state index in [0.717, 1.165) is 0 Å². The first kappa shape index (κ1) is 13.8. The third-order valence-electron chi connectivity index (χ3n) is 2.48. The minimum absolute atomic E-state index is 0.148. The van der Waals surface area contributed by atoms with E-state index in [2.05, 4.69) is 0 Å². The topological polar surface area (TPSA) is 46.5 Å². The average Bonchev–Trinajstić information content (AvgIpc) is 2.40. The lowest BCUT2D eigenvalue weighted by atomic mass is 10.2. The smallest absolute Gasteiger partial charge is 0.340 e. The first-order valence-corrected chi connectivity index (χ1v) is 7.06. The summed E-state index contributed by atoms with van der Waals surface area (Å²) in [6.45, 7) is 0. The summed E-state index contributed by atoms with van der Waals surface area (Å²) in [4.78, 5) is 12.0. The van der Waals surface area contributed by atoms with Crippen molar-refractivity contribution in [3.05, 3.63) is 53.1 Å². The van der Waals surface area contributed by atoms with Gasteiger partial charge in [-0.25, -0.2) is 4.79 Å². The minimum atomic E-state index is -1.02. The number of thioether (sulfide) groups is 1. The van der Waals surface area contributed by atoms with Gasteiger partial charge in [0.15, 0.2) is 0 Å². The molecule has 0 saturated heterocycles. The summed E-state index contributed by atoms with van der Waals surface area (Å²) in [5.41, 5.74) is 0.148. The second-order valence-electron chi connectivity index (χ2n) is 3.67. The molecule has 0 radical (unpaired) electrons. The maximum atomic E-state index is 11.4. The molecule has 0 aliphatic heterocycles. The van der Waals surface area contributed by atoms with Crippen molar-refractivity contribution in [2.24, 2.45) is 0 Å². The van der Waals surface area contributed by atoms with Gasteiger partial charge in [-0.15, -0.1) is 11.8 Å². The Morgan fingerprint density at radius 2 is 1.84 bits per heavy atom. The highest BCUT2D eigenvalue weighted by Gasteiger charge is 2.17. The molecule has 2 aromatic carbocycles. The van der Waals surface area contributed by atoms with Gasteiger partial charge in [0.2, 0.25) is 0 Å². The van der Waals surface area contributed by atoms with Crippen molar-refractivity contribution in [2.75, 3.05) is 6.26 Å². The molecule has 0 amide bonds. The third kappa shape index (κ3) is 3.03. The summed E-state index contributed by atoms with van der Waals surface area (Å²) in [5, 5.41) is 9.74. The normalized spacial score (nSPS) is 10.2. The highest BCUT2D eigenvalue weighted by molar-refractivity contribution is 7.98. The van der Waals surface area contributed by atoms with E-state index in [1.54, 1.807) is 42.5 Å². The number of carbonyl (C=O) groups is 1. The lowest BCUT2D eigenvalue weighted by Gasteiger charge is -2.12. The lowest BCUT2D eigenvalue weighted by Crippen LogP contribution is -2.02. The van der Waals surface area contributed by atoms with Gasteiger partial charge in [-0.05, 0) is 30.5 Å². The number of rotatable bonds is 4. The van der Waals surface area contributed by atoms with Crippen LogP contribution in [0.4, 0.5) is 0 Å². The second kappa shape index (κ2) is 5.99. The van der Waals surface area contributed by atoms with Gasteiger partial charge in [0.05, 0.1) is 5.02 Å². The number of carboxylic acids is 1. The molecule has 2 aromatic rings. The van der Waals surface area contributed by atoms with Crippen LogP contribution in [0.2, 0.25) is 5.02 Å². The van der Waals surface area contributed by atoms with Crippen LogP contribution in [-0.2, 0) is 0 Å². The zero-order valence-electron chi connectivity index (χ0n) is 10.1. The summed E-state index contributed by atoms with van der Waals surface area (Å²) >= 11 is 7.36. The van der Waals surface area contributed by atoms with Crippen molar-refractivity contribution in [2.45, 2.75) is 4.90 Å². The number of ether oxygens (including phenoxy) is 1. The van der Waals surface area contributed by atoms with Crippen LogP contribution in [0.5, 0.6) is 11.5 Å². The van der Waals surface area contributed by atoms with E-state index in [0.29, 0.717) is 15.7 Å². The fraction of sp³-hybridized carbons (Fsp3) is 0.0714. The predicted octanol–water partition coefficient (Wildman–Crippen LogP) is 4.55.